The predicted octanol–water partition coefficient (Wildman–Crippen LogP) is 1.38. The van der Waals surface area contributed by atoms with Crippen LogP contribution in [0.15, 0.2) is 6.20 Å². The fourth-order valence-corrected chi connectivity index (χ4v) is 3.61. The molecule has 1 fully saturated rings. The van der Waals surface area contributed by atoms with Crippen molar-refractivity contribution in [1.29, 1.82) is 0 Å². The van der Waals surface area contributed by atoms with Crippen LogP contribution in [0.2, 0.25) is 0 Å². The number of ether oxygens (including phenoxy) is 1. The fraction of sp³-hybridized carbons (Fsp3) is 0.769. The van der Waals surface area contributed by atoms with E-state index in [4.69, 9.17) is 4.74 Å². The first-order chi connectivity index (χ1) is 9.13. The van der Waals surface area contributed by atoms with Crippen LogP contribution in [0.3, 0.4) is 0 Å². The first kappa shape index (κ1) is 14.7. The van der Waals surface area contributed by atoms with Crippen LogP contribution < -0.4 is 4.74 Å². The van der Waals surface area contributed by atoms with Crippen molar-refractivity contribution in [1.82, 2.24) is 14.7 Å². The molecule has 2 heterocycles. The lowest BCUT2D eigenvalue weighted by Gasteiger charge is -2.20. The predicted molar refractivity (Wildman–Crippen MR) is 77.8 cm³/mol. The Morgan fingerprint density at radius 3 is 3.00 bits per heavy atom. The molecule has 0 radical (unpaired) electrons. The molecule has 0 spiro atoms. The summed E-state index contributed by atoms with van der Waals surface area (Å²) in [4.78, 5) is 2.11. The van der Waals surface area contributed by atoms with Gasteiger partial charge in [-0.1, -0.05) is 0 Å². The molecule has 6 heteroatoms. The van der Waals surface area contributed by atoms with Gasteiger partial charge in [0.25, 0.3) is 0 Å². The van der Waals surface area contributed by atoms with Crippen molar-refractivity contribution in [2.24, 2.45) is 0 Å². The third-order valence-corrected chi connectivity index (χ3v) is 4.87. The first-order valence-electron chi connectivity index (χ1n) is 6.67. The van der Waals surface area contributed by atoms with Crippen LogP contribution >= 0.6 is 11.8 Å². The van der Waals surface area contributed by atoms with Gasteiger partial charge in [0, 0.05) is 11.8 Å². The molecule has 2 unspecified atom stereocenters. The van der Waals surface area contributed by atoms with Crippen LogP contribution in [0, 0.1) is 0 Å². The standard InChI is InChI=1S/C13H23N3O2S/c1-15(2)6-7-16-12(10(18-3)9-14-16)13(17)11-5-4-8-19-11/h9,11,13,17H,4-8H2,1-3H3. The van der Waals surface area contributed by atoms with Gasteiger partial charge in [0.15, 0.2) is 5.75 Å². The molecular weight excluding hydrogens is 262 g/mol. The Bertz CT molecular complexity index is 403. The molecule has 1 aliphatic rings. The zero-order valence-corrected chi connectivity index (χ0v) is 12.7. The molecule has 2 atom stereocenters. The number of methoxy groups -OCH3 is 1. The number of rotatable bonds is 6. The quantitative estimate of drug-likeness (QED) is 0.856. The zero-order valence-electron chi connectivity index (χ0n) is 11.9. The summed E-state index contributed by atoms with van der Waals surface area (Å²) in [6.45, 7) is 1.66. The summed E-state index contributed by atoms with van der Waals surface area (Å²) in [5.41, 5.74) is 0.823. The van der Waals surface area contributed by atoms with Crippen LogP contribution in [0.5, 0.6) is 5.75 Å². The summed E-state index contributed by atoms with van der Waals surface area (Å²) in [5, 5.41) is 15.2. The van der Waals surface area contributed by atoms with Gasteiger partial charge in [-0.2, -0.15) is 16.9 Å². The maximum atomic E-state index is 10.6. The molecule has 1 saturated heterocycles. The van der Waals surface area contributed by atoms with Gasteiger partial charge in [0.1, 0.15) is 11.8 Å². The number of hydrogen-bond acceptors (Lipinski definition) is 5. The second kappa shape index (κ2) is 6.63. The smallest absolute Gasteiger partial charge is 0.162 e. The Kier molecular flexibility index (Phi) is 5.13. The summed E-state index contributed by atoms with van der Waals surface area (Å²) in [6, 6.07) is 0. The van der Waals surface area contributed by atoms with E-state index in [0.29, 0.717) is 5.75 Å². The normalized spacial score (nSPS) is 21.0. The van der Waals surface area contributed by atoms with E-state index in [1.165, 1.54) is 6.42 Å². The second-order valence-corrected chi connectivity index (χ2v) is 6.47. The van der Waals surface area contributed by atoms with Crippen molar-refractivity contribution >= 4 is 11.8 Å². The van der Waals surface area contributed by atoms with Gasteiger partial charge >= 0.3 is 0 Å². The Balaban J connectivity index is 2.17. The van der Waals surface area contributed by atoms with E-state index in [1.807, 2.05) is 30.5 Å². The molecule has 2 rings (SSSR count). The number of aliphatic hydroxyl groups is 1. The highest BCUT2D eigenvalue weighted by Gasteiger charge is 2.30. The SMILES string of the molecule is COc1cnn(CCN(C)C)c1C(O)C1CCCS1. The number of likely N-dealkylation sites (N-methyl/N-ethyl adjacent to an activating group) is 1. The third kappa shape index (κ3) is 3.43. The zero-order chi connectivity index (χ0) is 13.8. The summed E-state index contributed by atoms with van der Waals surface area (Å²) in [6.07, 6.45) is 3.45. The van der Waals surface area contributed by atoms with E-state index >= 15 is 0 Å². The molecule has 0 saturated carbocycles. The average Bonchev–Trinajstić information content (AvgIpc) is 3.04. The van der Waals surface area contributed by atoms with E-state index in [2.05, 4.69) is 10.00 Å². The molecule has 0 bridgehead atoms. The van der Waals surface area contributed by atoms with Crippen LogP contribution in [-0.4, -0.2) is 58.5 Å². The first-order valence-corrected chi connectivity index (χ1v) is 7.72. The van der Waals surface area contributed by atoms with E-state index in [0.717, 1.165) is 31.0 Å². The minimum absolute atomic E-state index is 0.267. The monoisotopic (exact) mass is 285 g/mol. The van der Waals surface area contributed by atoms with E-state index in [1.54, 1.807) is 13.3 Å². The van der Waals surface area contributed by atoms with E-state index < -0.39 is 6.10 Å². The summed E-state index contributed by atoms with van der Waals surface area (Å²) in [7, 11) is 5.69. The van der Waals surface area contributed by atoms with Crippen molar-refractivity contribution in [2.75, 3.05) is 33.5 Å². The molecule has 1 aromatic rings. The summed E-state index contributed by atoms with van der Waals surface area (Å²) in [5.74, 6) is 1.83. The second-order valence-electron chi connectivity index (χ2n) is 5.12. The third-order valence-electron chi connectivity index (χ3n) is 3.42. The molecule has 5 nitrogen and oxygen atoms in total. The highest BCUT2D eigenvalue weighted by molar-refractivity contribution is 8.00. The van der Waals surface area contributed by atoms with Crippen LogP contribution in [0.4, 0.5) is 0 Å². The largest absolute Gasteiger partial charge is 0.493 e. The van der Waals surface area contributed by atoms with Crippen LogP contribution in [0.1, 0.15) is 24.6 Å². The highest BCUT2D eigenvalue weighted by atomic mass is 32.2. The topological polar surface area (TPSA) is 50.5 Å². The van der Waals surface area contributed by atoms with Crippen molar-refractivity contribution in [3.8, 4) is 5.75 Å². The van der Waals surface area contributed by atoms with Crippen molar-refractivity contribution < 1.29 is 9.84 Å². The van der Waals surface area contributed by atoms with Gasteiger partial charge < -0.3 is 14.7 Å². The average molecular weight is 285 g/mol. The highest BCUT2D eigenvalue weighted by Crippen LogP contribution is 2.38. The van der Waals surface area contributed by atoms with Crippen molar-refractivity contribution in [2.45, 2.75) is 30.7 Å². The molecule has 0 amide bonds. The van der Waals surface area contributed by atoms with Gasteiger partial charge in [0.2, 0.25) is 0 Å². The molecule has 1 N–H and O–H groups in total. The lowest BCUT2D eigenvalue weighted by atomic mass is 10.1. The molecule has 108 valence electrons. The summed E-state index contributed by atoms with van der Waals surface area (Å²) < 4.78 is 7.22. The molecule has 0 aliphatic carbocycles. The number of nitrogens with zero attached hydrogens (tertiary/aromatic N) is 3. The summed E-state index contributed by atoms with van der Waals surface area (Å²) >= 11 is 1.84. The van der Waals surface area contributed by atoms with Gasteiger partial charge in [-0.15, -0.1) is 0 Å². The molecule has 1 aliphatic heterocycles. The number of thioether (sulfide) groups is 1. The number of hydrogen-bond donors (Lipinski definition) is 1. The van der Waals surface area contributed by atoms with Crippen molar-refractivity contribution in [3.05, 3.63) is 11.9 Å². The minimum atomic E-state index is -0.493. The van der Waals surface area contributed by atoms with Gasteiger partial charge in [-0.3, -0.25) is 4.68 Å². The van der Waals surface area contributed by atoms with E-state index in [9.17, 15) is 5.11 Å². The van der Waals surface area contributed by atoms with Crippen molar-refractivity contribution in [3.63, 3.8) is 0 Å². The molecular formula is C13H23N3O2S. The van der Waals surface area contributed by atoms with Gasteiger partial charge in [-0.05, 0) is 32.7 Å². The maximum absolute atomic E-state index is 10.6. The minimum Gasteiger partial charge on any atom is -0.493 e. The lowest BCUT2D eigenvalue weighted by molar-refractivity contribution is 0.156. The Hall–Kier alpha value is -0.720. The van der Waals surface area contributed by atoms with Gasteiger partial charge in [-0.25, -0.2) is 0 Å². The van der Waals surface area contributed by atoms with Crippen LogP contribution in [-0.2, 0) is 6.54 Å². The number of aliphatic hydroxyl groups excluding tert-OH is 1. The van der Waals surface area contributed by atoms with E-state index in [-0.39, 0.29) is 5.25 Å². The Morgan fingerprint density at radius 2 is 2.42 bits per heavy atom. The van der Waals surface area contributed by atoms with Crippen LogP contribution in [0.25, 0.3) is 0 Å². The Morgan fingerprint density at radius 1 is 1.63 bits per heavy atom. The maximum Gasteiger partial charge on any atom is 0.162 e. The fourth-order valence-electron chi connectivity index (χ4n) is 2.33. The molecule has 1 aromatic heterocycles. The lowest BCUT2D eigenvalue weighted by Crippen LogP contribution is -2.23. The molecule has 19 heavy (non-hydrogen) atoms. The Labute approximate surface area is 118 Å². The number of aromatic nitrogens is 2. The molecule has 0 aromatic carbocycles. The van der Waals surface area contributed by atoms with Gasteiger partial charge in [0.05, 0.1) is 19.9 Å².